The molecule has 0 spiro atoms. The second-order valence-electron chi connectivity index (χ2n) is 5.81. The normalized spacial score (nSPS) is 15.2. The van der Waals surface area contributed by atoms with Crippen LogP contribution in [-0.2, 0) is 6.18 Å². The highest BCUT2D eigenvalue weighted by Gasteiger charge is 2.36. The first-order chi connectivity index (χ1) is 11.9. The van der Waals surface area contributed by atoms with E-state index >= 15 is 0 Å². The fourth-order valence-corrected chi connectivity index (χ4v) is 2.84. The number of aromatic nitrogens is 2. The van der Waals surface area contributed by atoms with Gasteiger partial charge in [-0.1, -0.05) is 0 Å². The molecule has 130 valence electrons. The fraction of sp³-hybridized carbons (Fsp3) is 0.353. The Labute approximate surface area is 143 Å². The van der Waals surface area contributed by atoms with Crippen LogP contribution < -0.4 is 9.80 Å². The molecule has 1 fully saturated rings. The molecule has 1 aliphatic heterocycles. The Morgan fingerprint density at radius 2 is 1.76 bits per heavy atom. The van der Waals surface area contributed by atoms with Crippen LogP contribution in [0.2, 0.25) is 0 Å². The van der Waals surface area contributed by atoms with Crippen LogP contribution in [0, 0.1) is 18.3 Å². The Morgan fingerprint density at radius 1 is 1.08 bits per heavy atom. The third-order valence-electron chi connectivity index (χ3n) is 4.12. The SMILES string of the molecule is Cc1ccnc(N2CCN(c3ccc(C#N)cc3C(F)(F)F)CC2)n1. The van der Waals surface area contributed by atoms with Gasteiger partial charge in [-0.15, -0.1) is 0 Å². The Bertz CT molecular complexity index is 805. The molecule has 0 amide bonds. The van der Waals surface area contributed by atoms with Crippen LogP contribution >= 0.6 is 0 Å². The van der Waals surface area contributed by atoms with Gasteiger partial charge in [0.25, 0.3) is 0 Å². The molecule has 0 saturated carbocycles. The maximum Gasteiger partial charge on any atom is 0.418 e. The predicted octanol–water partition coefficient (Wildman–Crippen LogP) is 3.00. The molecule has 2 heterocycles. The quantitative estimate of drug-likeness (QED) is 0.836. The number of benzene rings is 1. The molecule has 0 unspecified atom stereocenters. The molecule has 5 nitrogen and oxygen atoms in total. The van der Waals surface area contributed by atoms with Crippen molar-refractivity contribution < 1.29 is 13.2 Å². The summed E-state index contributed by atoms with van der Waals surface area (Å²) in [6, 6.07) is 7.26. The van der Waals surface area contributed by atoms with Crippen LogP contribution in [0.3, 0.4) is 0 Å². The number of piperazine rings is 1. The summed E-state index contributed by atoms with van der Waals surface area (Å²) in [6.07, 6.45) is -2.83. The zero-order valence-corrected chi connectivity index (χ0v) is 13.6. The van der Waals surface area contributed by atoms with E-state index in [1.54, 1.807) is 23.2 Å². The van der Waals surface area contributed by atoms with Gasteiger partial charge >= 0.3 is 6.18 Å². The van der Waals surface area contributed by atoms with Crippen molar-refractivity contribution in [1.29, 1.82) is 5.26 Å². The molecule has 0 atom stereocenters. The fourth-order valence-electron chi connectivity index (χ4n) is 2.84. The lowest BCUT2D eigenvalue weighted by Gasteiger charge is -2.37. The van der Waals surface area contributed by atoms with Crippen LogP contribution in [0.5, 0.6) is 0 Å². The van der Waals surface area contributed by atoms with E-state index in [2.05, 4.69) is 9.97 Å². The highest BCUT2D eigenvalue weighted by molar-refractivity contribution is 5.59. The second-order valence-corrected chi connectivity index (χ2v) is 5.81. The average molecular weight is 347 g/mol. The van der Waals surface area contributed by atoms with Crippen molar-refractivity contribution in [3.63, 3.8) is 0 Å². The number of halogens is 3. The van der Waals surface area contributed by atoms with Crippen LogP contribution in [0.15, 0.2) is 30.5 Å². The summed E-state index contributed by atoms with van der Waals surface area (Å²) in [4.78, 5) is 12.2. The summed E-state index contributed by atoms with van der Waals surface area (Å²) in [7, 11) is 0. The number of aryl methyl sites for hydroxylation is 1. The van der Waals surface area contributed by atoms with Gasteiger partial charge in [-0.25, -0.2) is 9.97 Å². The van der Waals surface area contributed by atoms with E-state index in [9.17, 15) is 13.2 Å². The molecule has 1 aromatic heterocycles. The van der Waals surface area contributed by atoms with E-state index in [1.807, 2.05) is 11.8 Å². The summed E-state index contributed by atoms with van der Waals surface area (Å²) in [6.45, 7) is 3.77. The zero-order valence-electron chi connectivity index (χ0n) is 13.6. The van der Waals surface area contributed by atoms with E-state index < -0.39 is 11.7 Å². The van der Waals surface area contributed by atoms with E-state index in [1.165, 1.54) is 12.1 Å². The van der Waals surface area contributed by atoms with Crippen molar-refractivity contribution in [2.24, 2.45) is 0 Å². The highest BCUT2D eigenvalue weighted by Crippen LogP contribution is 2.37. The van der Waals surface area contributed by atoms with Crippen molar-refractivity contribution in [3.8, 4) is 6.07 Å². The van der Waals surface area contributed by atoms with Crippen molar-refractivity contribution in [1.82, 2.24) is 9.97 Å². The third-order valence-corrected chi connectivity index (χ3v) is 4.12. The van der Waals surface area contributed by atoms with Gasteiger partial charge in [0.2, 0.25) is 5.95 Å². The standard InChI is InChI=1S/C17H16F3N5/c1-12-4-5-22-16(23-12)25-8-6-24(7-9-25)15-3-2-13(11-21)10-14(15)17(18,19)20/h2-5,10H,6-9H2,1H3. The van der Waals surface area contributed by atoms with Gasteiger partial charge in [-0.05, 0) is 31.2 Å². The molecule has 0 aliphatic carbocycles. The Hall–Kier alpha value is -2.82. The zero-order chi connectivity index (χ0) is 18.0. The molecule has 3 rings (SSSR count). The summed E-state index contributed by atoms with van der Waals surface area (Å²) in [5.41, 5.74) is 0.185. The number of hydrogen-bond acceptors (Lipinski definition) is 5. The van der Waals surface area contributed by atoms with Crippen molar-refractivity contribution >= 4 is 11.6 Å². The van der Waals surface area contributed by atoms with Crippen LogP contribution in [0.25, 0.3) is 0 Å². The molecular formula is C17H16F3N5. The molecule has 1 saturated heterocycles. The molecule has 1 aliphatic rings. The van der Waals surface area contributed by atoms with E-state index in [-0.39, 0.29) is 11.3 Å². The number of hydrogen-bond donors (Lipinski definition) is 0. The molecule has 2 aromatic rings. The lowest BCUT2D eigenvalue weighted by atomic mass is 10.1. The number of anilines is 2. The molecule has 25 heavy (non-hydrogen) atoms. The van der Waals surface area contributed by atoms with Crippen molar-refractivity contribution in [2.75, 3.05) is 36.0 Å². The van der Waals surface area contributed by atoms with E-state index in [4.69, 9.17) is 5.26 Å². The number of nitrogens with zero attached hydrogens (tertiary/aromatic N) is 5. The van der Waals surface area contributed by atoms with E-state index in [0.29, 0.717) is 32.1 Å². The maximum absolute atomic E-state index is 13.3. The second kappa shape index (κ2) is 6.59. The summed E-state index contributed by atoms with van der Waals surface area (Å²) < 4.78 is 40.0. The molecular weight excluding hydrogens is 331 g/mol. The van der Waals surface area contributed by atoms with Gasteiger partial charge in [0.05, 0.1) is 17.2 Å². The first-order valence-electron chi connectivity index (χ1n) is 7.79. The lowest BCUT2D eigenvalue weighted by Crippen LogP contribution is -2.47. The van der Waals surface area contributed by atoms with E-state index in [0.717, 1.165) is 11.8 Å². The van der Waals surface area contributed by atoms with Gasteiger partial charge in [-0.3, -0.25) is 0 Å². The smallest absolute Gasteiger partial charge is 0.367 e. The van der Waals surface area contributed by atoms with Crippen LogP contribution in [0.4, 0.5) is 24.8 Å². The summed E-state index contributed by atoms with van der Waals surface area (Å²) in [5, 5.41) is 8.86. The van der Waals surface area contributed by atoms with Gasteiger partial charge in [0.15, 0.2) is 0 Å². The molecule has 0 N–H and O–H groups in total. The van der Waals surface area contributed by atoms with Crippen LogP contribution in [0.1, 0.15) is 16.8 Å². The van der Waals surface area contributed by atoms with Gasteiger partial charge in [0.1, 0.15) is 0 Å². The van der Waals surface area contributed by atoms with Crippen LogP contribution in [-0.4, -0.2) is 36.1 Å². The number of alkyl halides is 3. The largest absolute Gasteiger partial charge is 0.418 e. The first kappa shape index (κ1) is 17.0. The summed E-state index contributed by atoms with van der Waals surface area (Å²) in [5.74, 6) is 0.593. The van der Waals surface area contributed by atoms with Gasteiger partial charge in [-0.2, -0.15) is 18.4 Å². The Kier molecular flexibility index (Phi) is 4.49. The Balaban J connectivity index is 1.80. The summed E-state index contributed by atoms with van der Waals surface area (Å²) >= 11 is 0. The highest BCUT2D eigenvalue weighted by atomic mass is 19.4. The third kappa shape index (κ3) is 3.65. The topological polar surface area (TPSA) is 56.1 Å². The lowest BCUT2D eigenvalue weighted by molar-refractivity contribution is -0.137. The van der Waals surface area contributed by atoms with Gasteiger partial charge in [0, 0.05) is 43.8 Å². The van der Waals surface area contributed by atoms with Gasteiger partial charge < -0.3 is 9.80 Å². The molecule has 1 aromatic carbocycles. The average Bonchev–Trinajstić information content (AvgIpc) is 2.60. The minimum atomic E-state index is -4.50. The van der Waals surface area contributed by atoms with Crippen molar-refractivity contribution in [2.45, 2.75) is 13.1 Å². The first-order valence-corrected chi connectivity index (χ1v) is 7.79. The maximum atomic E-state index is 13.3. The minimum Gasteiger partial charge on any atom is -0.367 e. The van der Waals surface area contributed by atoms with Crippen molar-refractivity contribution in [3.05, 3.63) is 47.3 Å². The number of rotatable bonds is 2. The predicted molar refractivity (Wildman–Crippen MR) is 87.4 cm³/mol. The minimum absolute atomic E-state index is 0.00266. The molecule has 8 heteroatoms. The molecule has 0 radical (unpaired) electrons. The number of nitriles is 1. The Morgan fingerprint density at radius 3 is 2.36 bits per heavy atom. The monoisotopic (exact) mass is 347 g/mol. The molecule has 0 bridgehead atoms.